The van der Waals surface area contributed by atoms with E-state index in [2.05, 4.69) is 5.32 Å². The van der Waals surface area contributed by atoms with E-state index in [0.29, 0.717) is 19.6 Å². The highest BCUT2D eigenvalue weighted by atomic mass is 16.6. The quantitative estimate of drug-likeness (QED) is 0.860. The van der Waals surface area contributed by atoms with E-state index in [1.54, 1.807) is 32.9 Å². The summed E-state index contributed by atoms with van der Waals surface area (Å²) in [4.78, 5) is 39.5. The predicted molar refractivity (Wildman–Crippen MR) is 106 cm³/mol. The number of carbonyl (C=O) groups excluding carboxylic acids is 2. The first kappa shape index (κ1) is 20.4. The van der Waals surface area contributed by atoms with Gasteiger partial charge in [-0.1, -0.05) is 19.9 Å². The Morgan fingerprint density at radius 2 is 1.89 bits per heavy atom. The maximum absolute atomic E-state index is 13.2. The van der Waals surface area contributed by atoms with Gasteiger partial charge in [-0.25, -0.2) is 4.79 Å². The fraction of sp³-hybridized carbons (Fsp3) is 0.667. The number of hydrogen-bond acceptors (Lipinski definition) is 4. The molecule has 28 heavy (non-hydrogen) atoms. The number of pyridine rings is 1. The molecule has 0 radical (unpaired) electrons. The highest BCUT2D eigenvalue weighted by Crippen LogP contribution is 2.35. The largest absolute Gasteiger partial charge is 0.444 e. The van der Waals surface area contributed by atoms with Gasteiger partial charge in [-0.05, 0) is 45.1 Å². The van der Waals surface area contributed by atoms with Crippen LogP contribution in [-0.4, -0.2) is 46.2 Å². The molecule has 1 fully saturated rings. The lowest BCUT2D eigenvalue weighted by Crippen LogP contribution is -2.56. The number of piperidine rings is 1. The number of hydrogen-bond donors (Lipinski definition) is 1. The van der Waals surface area contributed by atoms with Gasteiger partial charge in [-0.3, -0.25) is 9.59 Å². The Hall–Kier alpha value is -2.31. The van der Waals surface area contributed by atoms with Crippen LogP contribution in [0.5, 0.6) is 0 Å². The lowest BCUT2D eigenvalue weighted by Gasteiger charge is -2.44. The molecule has 0 aliphatic carbocycles. The molecule has 0 saturated carbocycles. The van der Waals surface area contributed by atoms with E-state index in [-0.39, 0.29) is 29.2 Å². The Morgan fingerprint density at radius 1 is 1.18 bits per heavy atom. The van der Waals surface area contributed by atoms with E-state index < -0.39 is 17.7 Å². The van der Waals surface area contributed by atoms with Crippen molar-refractivity contribution < 1.29 is 14.3 Å². The first-order valence-electron chi connectivity index (χ1n) is 10.0. The van der Waals surface area contributed by atoms with E-state index in [9.17, 15) is 14.4 Å². The van der Waals surface area contributed by atoms with Crippen molar-refractivity contribution in [3.63, 3.8) is 0 Å². The van der Waals surface area contributed by atoms with Crippen LogP contribution in [0.3, 0.4) is 0 Å². The molecule has 3 unspecified atom stereocenters. The summed E-state index contributed by atoms with van der Waals surface area (Å²) >= 11 is 0. The highest BCUT2D eigenvalue weighted by molar-refractivity contribution is 5.86. The molecule has 1 N–H and O–H groups in total. The summed E-state index contributed by atoms with van der Waals surface area (Å²) in [6.45, 7) is 11.0. The topological polar surface area (TPSA) is 80.6 Å². The molecular weight excluding hydrogens is 358 g/mol. The Balaban J connectivity index is 1.75. The van der Waals surface area contributed by atoms with Crippen LogP contribution < -0.4 is 10.9 Å². The van der Waals surface area contributed by atoms with Crippen LogP contribution in [0.2, 0.25) is 0 Å². The molecule has 3 atom stereocenters. The number of nitrogens with one attached hydrogen (secondary N) is 1. The average Bonchev–Trinajstić information content (AvgIpc) is 2.58. The summed E-state index contributed by atoms with van der Waals surface area (Å²) in [6, 6.07) is 4.73. The number of nitrogens with zero attached hydrogens (tertiary/aromatic N) is 2. The summed E-state index contributed by atoms with van der Waals surface area (Å²) in [6.07, 6.45) is 0.410. The predicted octanol–water partition coefficient (Wildman–Crippen LogP) is 2.34. The van der Waals surface area contributed by atoms with Crippen LogP contribution in [0.1, 0.15) is 52.7 Å². The number of carbonyl (C=O) groups is 2. The molecule has 2 amide bonds. The Morgan fingerprint density at radius 3 is 2.54 bits per heavy atom. The molecule has 7 heteroatoms. The average molecular weight is 389 g/mol. The van der Waals surface area contributed by atoms with E-state index in [1.165, 1.54) is 0 Å². The van der Waals surface area contributed by atoms with Gasteiger partial charge in [0.1, 0.15) is 11.6 Å². The molecule has 2 bridgehead atoms. The van der Waals surface area contributed by atoms with Crippen molar-refractivity contribution in [3.8, 4) is 0 Å². The van der Waals surface area contributed by atoms with Crippen molar-refractivity contribution in [2.24, 2.45) is 11.8 Å². The summed E-state index contributed by atoms with van der Waals surface area (Å²) < 4.78 is 7.18. The second-order valence-corrected chi connectivity index (χ2v) is 9.31. The van der Waals surface area contributed by atoms with E-state index in [1.807, 2.05) is 29.4 Å². The summed E-state index contributed by atoms with van der Waals surface area (Å²) in [5.41, 5.74) is 0.411. The van der Waals surface area contributed by atoms with Gasteiger partial charge in [0, 0.05) is 37.3 Å². The highest BCUT2D eigenvalue weighted by Gasteiger charge is 2.39. The third kappa shape index (κ3) is 4.39. The SMILES string of the molecule is CC(C)C(NC(=O)OC(C)(C)C)C(=O)N1CC2CC(C1)c1cccc(=O)n1C2. The molecule has 1 aromatic rings. The molecule has 1 aromatic heterocycles. The fourth-order valence-electron chi connectivity index (χ4n) is 4.22. The third-order valence-corrected chi connectivity index (χ3v) is 5.40. The molecule has 1 saturated heterocycles. The molecule has 7 nitrogen and oxygen atoms in total. The van der Waals surface area contributed by atoms with Crippen molar-refractivity contribution in [1.29, 1.82) is 0 Å². The molecule has 0 aromatic carbocycles. The minimum Gasteiger partial charge on any atom is -0.444 e. The van der Waals surface area contributed by atoms with Crippen molar-refractivity contribution in [2.45, 2.75) is 65.1 Å². The van der Waals surface area contributed by atoms with E-state index >= 15 is 0 Å². The van der Waals surface area contributed by atoms with Gasteiger partial charge in [0.05, 0.1) is 0 Å². The summed E-state index contributed by atoms with van der Waals surface area (Å²) in [7, 11) is 0. The van der Waals surface area contributed by atoms with Crippen molar-refractivity contribution >= 4 is 12.0 Å². The molecular formula is C21H31N3O4. The van der Waals surface area contributed by atoms with Crippen LogP contribution in [0.4, 0.5) is 4.79 Å². The standard InChI is InChI=1S/C21H31N3O4/c1-13(2)18(22-20(27)28-21(3,4)5)19(26)23-10-14-9-15(12-23)16-7-6-8-17(25)24(16)11-14/h6-8,13-15,18H,9-12H2,1-5H3,(H,22,27). The second-order valence-electron chi connectivity index (χ2n) is 9.31. The molecule has 2 aliphatic rings. The molecule has 2 aliphatic heterocycles. The smallest absolute Gasteiger partial charge is 0.408 e. The van der Waals surface area contributed by atoms with Crippen molar-refractivity contribution in [1.82, 2.24) is 14.8 Å². The fourth-order valence-corrected chi connectivity index (χ4v) is 4.22. The first-order chi connectivity index (χ1) is 13.0. The number of rotatable bonds is 3. The van der Waals surface area contributed by atoms with Gasteiger partial charge in [-0.2, -0.15) is 0 Å². The van der Waals surface area contributed by atoms with Crippen molar-refractivity contribution in [3.05, 3.63) is 34.2 Å². The van der Waals surface area contributed by atoms with Crippen LogP contribution >= 0.6 is 0 Å². The van der Waals surface area contributed by atoms with Gasteiger partial charge in [0.25, 0.3) is 5.56 Å². The van der Waals surface area contributed by atoms with Gasteiger partial charge < -0.3 is 19.5 Å². The third-order valence-electron chi connectivity index (χ3n) is 5.40. The zero-order valence-corrected chi connectivity index (χ0v) is 17.4. The van der Waals surface area contributed by atoms with Crippen molar-refractivity contribution in [2.75, 3.05) is 13.1 Å². The minimum atomic E-state index is -0.633. The van der Waals surface area contributed by atoms with E-state index in [0.717, 1.165) is 12.1 Å². The maximum atomic E-state index is 13.2. The Kier molecular flexibility index (Phi) is 5.55. The first-order valence-corrected chi connectivity index (χ1v) is 10.0. The second kappa shape index (κ2) is 7.60. The number of alkyl carbamates (subject to hydrolysis) is 1. The Bertz CT molecular complexity index is 809. The minimum absolute atomic E-state index is 0.0265. The molecule has 154 valence electrons. The maximum Gasteiger partial charge on any atom is 0.408 e. The van der Waals surface area contributed by atoms with Gasteiger partial charge in [0.15, 0.2) is 0 Å². The zero-order valence-electron chi connectivity index (χ0n) is 17.4. The van der Waals surface area contributed by atoms with Gasteiger partial charge >= 0.3 is 6.09 Å². The zero-order chi connectivity index (χ0) is 20.6. The monoisotopic (exact) mass is 389 g/mol. The van der Waals surface area contributed by atoms with E-state index in [4.69, 9.17) is 4.74 Å². The normalized spacial score (nSPS) is 22.4. The van der Waals surface area contributed by atoms with Crippen LogP contribution in [0.15, 0.2) is 23.0 Å². The van der Waals surface area contributed by atoms with Gasteiger partial charge in [-0.15, -0.1) is 0 Å². The number of likely N-dealkylation sites (tertiary alicyclic amines) is 1. The van der Waals surface area contributed by atoms with Gasteiger partial charge in [0.2, 0.25) is 5.91 Å². The Labute approximate surface area is 166 Å². The molecule has 3 heterocycles. The summed E-state index contributed by atoms with van der Waals surface area (Å²) in [5, 5.41) is 2.76. The molecule has 3 rings (SSSR count). The lowest BCUT2D eigenvalue weighted by molar-refractivity contribution is -0.137. The number of aromatic nitrogens is 1. The van der Waals surface area contributed by atoms with Crippen LogP contribution in [0, 0.1) is 11.8 Å². The number of fused-ring (bicyclic) bond motifs is 4. The lowest BCUT2D eigenvalue weighted by atomic mass is 9.82. The molecule has 0 spiro atoms. The van der Waals surface area contributed by atoms with Crippen LogP contribution in [-0.2, 0) is 16.1 Å². The number of amides is 2. The number of ether oxygens (including phenoxy) is 1. The van der Waals surface area contributed by atoms with Crippen LogP contribution in [0.25, 0.3) is 0 Å². The summed E-state index contributed by atoms with van der Waals surface area (Å²) in [5.74, 6) is 0.267.